The highest BCUT2D eigenvalue weighted by molar-refractivity contribution is 5.86. The fourth-order valence-corrected chi connectivity index (χ4v) is 1.89. The minimum absolute atomic E-state index is 0.496. The SMILES string of the molecule is COCCOc1cc2ccccc2cc1OCCOC. The lowest BCUT2D eigenvalue weighted by molar-refractivity contribution is 0.132. The molecule has 0 spiro atoms. The maximum absolute atomic E-state index is 5.73. The third-order valence-corrected chi connectivity index (χ3v) is 2.90. The summed E-state index contributed by atoms with van der Waals surface area (Å²) in [5.41, 5.74) is 0. The van der Waals surface area contributed by atoms with Crippen molar-refractivity contribution in [3.8, 4) is 11.5 Å². The number of hydrogen-bond donors (Lipinski definition) is 0. The van der Waals surface area contributed by atoms with Gasteiger partial charge >= 0.3 is 0 Å². The minimum Gasteiger partial charge on any atom is -0.487 e. The van der Waals surface area contributed by atoms with Gasteiger partial charge in [-0.05, 0) is 22.9 Å². The molecular formula is C16H20O4. The van der Waals surface area contributed by atoms with Gasteiger partial charge < -0.3 is 18.9 Å². The van der Waals surface area contributed by atoms with Gasteiger partial charge in [0.2, 0.25) is 0 Å². The molecule has 2 aromatic carbocycles. The number of benzene rings is 2. The van der Waals surface area contributed by atoms with Gasteiger partial charge in [0.25, 0.3) is 0 Å². The highest BCUT2D eigenvalue weighted by atomic mass is 16.5. The quantitative estimate of drug-likeness (QED) is 0.695. The van der Waals surface area contributed by atoms with Crippen molar-refractivity contribution in [1.82, 2.24) is 0 Å². The first-order chi connectivity index (χ1) is 9.85. The van der Waals surface area contributed by atoms with Crippen molar-refractivity contribution in [2.75, 3.05) is 40.6 Å². The molecule has 2 aromatic rings. The van der Waals surface area contributed by atoms with Crippen molar-refractivity contribution in [2.45, 2.75) is 0 Å². The molecule has 0 aliphatic heterocycles. The molecule has 0 atom stereocenters. The largest absolute Gasteiger partial charge is 0.487 e. The van der Waals surface area contributed by atoms with Crippen molar-refractivity contribution in [1.29, 1.82) is 0 Å². The van der Waals surface area contributed by atoms with Gasteiger partial charge in [-0.3, -0.25) is 0 Å². The van der Waals surface area contributed by atoms with Crippen LogP contribution in [0.4, 0.5) is 0 Å². The van der Waals surface area contributed by atoms with Crippen molar-refractivity contribution in [3.05, 3.63) is 36.4 Å². The van der Waals surface area contributed by atoms with Crippen molar-refractivity contribution in [3.63, 3.8) is 0 Å². The lowest BCUT2D eigenvalue weighted by atomic mass is 10.1. The molecule has 0 aliphatic carbocycles. The first-order valence-electron chi connectivity index (χ1n) is 6.61. The van der Waals surface area contributed by atoms with Crippen LogP contribution in [0.15, 0.2) is 36.4 Å². The van der Waals surface area contributed by atoms with E-state index in [1.807, 2.05) is 24.3 Å². The van der Waals surface area contributed by atoms with E-state index < -0.39 is 0 Å². The molecule has 108 valence electrons. The summed E-state index contributed by atoms with van der Waals surface area (Å²) in [6.45, 7) is 2.08. The van der Waals surface area contributed by atoms with E-state index in [0.29, 0.717) is 26.4 Å². The molecule has 4 nitrogen and oxygen atoms in total. The first-order valence-corrected chi connectivity index (χ1v) is 6.61. The molecule has 2 rings (SSSR count). The maximum Gasteiger partial charge on any atom is 0.161 e. The van der Waals surface area contributed by atoms with Crippen LogP contribution in [-0.2, 0) is 9.47 Å². The van der Waals surface area contributed by atoms with Gasteiger partial charge in [-0.1, -0.05) is 24.3 Å². The van der Waals surface area contributed by atoms with Crippen molar-refractivity contribution in [2.24, 2.45) is 0 Å². The molecule has 0 aromatic heterocycles. The zero-order valence-electron chi connectivity index (χ0n) is 11.9. The maximum atomic E-state index is 5.73. The van der Waals surface area contributed by atoms with Gasteiger partial charge in [0.1, 0.15) is 13.2 Å². The normalized spacial score (nSPS) is 10.7. The molecule has 0 aliphatic rings. The van der Waals surface area contributed by atoms with Crippen LogP contribution in [0.25, 0.3) is 10.8 Å². The van der Waals surface area contributed by atoms with Crippen molar-refractivity contribution >= 4 is 10.8 Å². The number of ether oxygens (including phenoxy) is 4. The van der Waals surface area contributed by atoms with E-state index in [0.717, 1.165) is 22.3 Å². The van der Waals surface area contributed by atoms with E-state index >= 15 is 0 Å². The smallest absolute Gasteiger partial charge is 0.161 e. The standard InChI is InChI=1S/C16H20O4/c1-17-7-9-19-15-11-13-5-3-4-6-14(13)12-16(15)20-10-8-18-2/h3-6,11-12H,7-10H2,1-2H3. The van der Waals surface area contributed by atoms with Crippen molar-refractivity contribution < 1.29 is 18.9 Å². The molecule has 0 saturated heterocycles. The Morgan fingerprint density at radius 2 is 1.15 bits per heavy atom. The van der Waals surface area contributed by atoms with Crippen LogP contribution in [-0.4, -0.2) is 40.6 Å². The Morgan fingerprint density at radius 3 is 1.55 bits per heavy atom. The molecule has 0 saturated carbocycles. The zero-order chi connectivity index (χ0) is 14.2. The van der Waals surface area contributed by atoms with Crippen LogP contribution in [0.2, 0.25) is 0 Å². The molecule has 0 bridgehead atoms. The highest BCUT2D eigenvalue weighted by Crippen LogP contribution is 2.32. The molecule has 0 radical (unpaired) electrons. The number of rotatable bonds is 8. The lowest BCUT2D eigenvalue weighted by Gasteiger charge is -2.14. The third-order valence-electron chi connectivity index (χ3n) is 2.90. The average molecular weight is 276 g/mol. The van der Waals surface area contributed by atoms with Crippen LogP contribution < -0.4 is 9.47 Å². The molecule has 20 heavy (non-hydrogen) atoms. The van der Waals surface area contributed by atoms with Gasteiger partial charge in [0.05, 0.1) is 13.2 Å². The topological polar surface area (TPSA) is 36.9 Å². The van der Waals surface area contributed by atoms with Gasteiger partial charge in [-0.25, -0.2) is 0 Å². The number of fused-ring (bicyclic) bond motifs is 1. The summed E-state index contributed by atoms with van der Waals surface area (Å²) in [5, 5.41) is 2.25. The summed E-state index contributed by atoms with van der Waals surface area (Å²) < 4.78 is 21.5. The van der Waals surface area contributed by atoms with Crippen LogP contribution in [0, 0.1) is 0 Å². The van der Waals surface area contributed by atoms with Crippen LogP contribution >= 0.6 is 0 Å². The van der Waals surface area contributed by atoms with Crippen LogP contribution in [0.1, 0.15) is 0 Å². The zero-order valence-corrected chi connectivity index (χ0v) is 11.9. The second-order valence-electron chi connectivity index (χ2n) is 4.33. The molecule has 0 fully saturated rings. The van der Waals surface area contributed by atoms with E-state index in [1.54, 1.807) is 14.2 Å². The van der Waals surface area contributed by atoms with E-state index in [2.05, 4.69) is 12.1 Å². The Morgan fingerprint density at radius 1 is 0.700 bits per heavy atom. The monoisotopic (exact) mass is 276 g/mol. The molecular weight excluding hydrogens is 256 g/mol. The fraction of sp³-hybridized carbons (Fsp3) is 0.375. The van der Waals surface area contributed by atoms with Gasteiger partial charge in [-0.2, -0.15) is 0 Å². The predicted molar refractivity (Wildman–Crippen MR) is 78.7 cm³/mol. The Hall–Kier alpha value is -1.78. The van der Waals surface area contributed by atoms with Crippen LogP contribution in [0.5, 0.6) is 11.5 Å². The summed E-state index contributed by atoms with van der Waals surface area (Å²) in [7, 11) is 3.31. The number of hydrogen-bond acceptors (Lipinski definition) is 4. The number of methoxy groups -OCH3 is 2. The lowest BCUT2D eigenvalue weighted by Crippen LogP contribution is -2.08. The fourth-order valence-electron chi connectivity index (χ4n) is 1.89. The molecule has 0 unspecified atom stereocenters. The Bertz CT molecular complexity index is 490. The summed E-state index contributed by atoms with van der Waals surface area (Å²) in [4.78, 5) is 0. The molecule has 0 amide bonds. The first kappa shape index (κ1) is 14.6. The summed E-state index contributed by atoms with van der Waals surface area (Å²) in [6.07, 6.45) is 0. The van der Waals surface area contributed by atoms with E-state index in [4.69, 9.17) is 18.9 Å². The second-order valence-corrected chi connectivity index (χ2v) is 4.33. The van der Waals surface area contributed by atoms with Crippen LogP contribution in [0.3, 0.4) is 0 Å². The Labute approximate surface area is 119 Å². The van der Waals surface area contributed by atoms with Gasteiger partial charge in [0, 0.05) is 14.2 Å². The average Bonchev–Trinajstić information content (AvgIpc) is 2.48. The Kier molecular flexibility index (Phi) is 5.65. The summed E-state index contributed by atoms with van der Waals surface area (Å²) >= 11 is 0. The van der Waals surface area contributed by atoms with E-state index in [9.17, 15) is 0 Å². The summed E-state index contributed by atoms with van der Waals surface area (Å²) in [5.74, 6) is 1.47. The van der Waals surface area contributed by atoms with E-state index in [1.165, 1.54) is 0 Å². The highest BCUT2D eigenvalue weighted by Gasteiger charge is 2.07. The molecule has 0 N–H and O–H groups in total. The van der Waals surface area contributed by atoms with Gasteiger partial charge in [0.15, 0.2) is 11.5 Å². The molecule has 4 heteroatoms. The summed E-state index contributed by atoms with van der Waals surface area (Å²) in [6, 6.07) is 12.1. The Balaban J connectivity index is 2.21. The van der Waals surface area contributed by atoms with E-state index in [-0.39, 0.29) is 0 Å². The predicted octanol–water partition coefficient (Wildman–Crippen LogP) is 2.89. The third kappa shape index (κ3) is 3.85. The van der Waals surface area contributed by atoms with Gasteiger partial charge in [-0.15, -0.1) is 0 Å². The second kappa shape index (κ2) is 7.72. The minimum atomic E-state index is 0.496. The molecule has 0 heterocycles.